The fourth-order valence-corrected chi connectivity index (χ4v) is 3.72. The van der Waals surface area contributed by atoms with Crippen molar-refractivity contribution in [1.82, 2.24) is 4.90 Å². The Balaban J connectivity index is 2.05. The highest BCUT2D eigenvalue weighted by molar-refractivity contribution is 5.94. The van der Waals surface area contributed by atoms with Crippen LogP contribution in [0.4, 0.5) is 0 Å². The van der Waals surface area contributed by atoms with Crippen molar-refractivity contribution in [3.63, 3.8) is 0 Å². The quantitative estimate of drug-likeness (QED) is 0.499. The van der Waals surface area contributed by atoms with Gasteiger partial charge in [-0.05, 0) is 26.7 Å². The molecule has 2 bridgehead atoms. The number of carbonyl (C=O) groups is 3. The van der Waals surface area contributed by atoms with Crippen LogP contribution >= 0.6 is 0 Å². The van der Waals surface area contributed by atoms with E-state index < -0.39 is 17.5 Å². The second-order valence-electron chi connectivity index (χ2n) is 6.29. The topological polar surface area (TPSA) is 82.1 Å². The first-order chi connectivity index (χ1) is 11.4. The summed E-state index contributed by atoms with van der Waals surface area (Å²) in [6.07, 6.45) is 3.71. The highest BCUT2D eigenvalue weighted by atomic mass is 16.5. The summed E-state index contributed by atoms with van der Waals surface area (Å²) in [4.78, 5) is 38.0. The van der Waals surface area contributed by atoms with E-state index in [1.54, 1.807) is 6.92 Å². The molecule has 7 nitrogen and oxygen atoms in total. The van der Waals surface area contributed by atoms with Crippen LogP contribution in [0.25, 0.3) is 0 Å². The fourth-order valence-electron chi connectivity index (χ4n) is 3.72. The predicted molar refractivity (Wildman–Crippen MR) is 85.2 cm³/mol. The van der Waals surface area contributed by atoms with Crippen LogP contribution in [0.15, 0.2) is 12.2 Å². The lowest BCUT2D eigenvalue weighted by Crippen LogP contribution is -2.71. The first-order valence-corrected chi connectivity index (χ1v) is 8.26. The molecule has 3 rings (SSSR count). The summed E-state index contributed by atoms with van der Waals surface area (Å²) < 4.78 is 15.2. The van der Waals surface area contributed by atoms with E-state index in [9.17, 15) is 14.4 Å². The standard InChI is InChI=1S/C17H25NO6/c1-4-23-14(19)5-6-15(20)24-11-17(10-22-3)16(21)13-7-8-18(17)12(2)9-13/h5-6,12-13H,4,7-11H2,1-3H3/b6-5+/t12-,13+,17+/m1/s1. The average Bonchev–Trinajstić information content (AvgIpc) is 2.55. The normalized spacial score (nSPS) is 32.1. The molecule has 3 aliphatic rings. The molecular formula is C17H25NO6. The van der Waals surface area contributed by atoms with Crippen LogP contribution in [0.5, 0.6) is 0 Å². The molecule has 0 saturated carbocycles. The molecule has 0 aromatic carbocycles. The zero-order valence-electron chi connectivity index (χ0n) is 14.4. The van der Waals surface area contributed by atoms with Crippen molar-refractivity contribution in [3.8, 4) is 0 Å². The summed E-state index contributed by atoms with van der Waals surface area (Å²) in [6, 6.07) is 0.241. The molecule has 0 amide bonds. The van der Waals surface area contributed by atoms with Crippen molar-refractivity contribution in [3.05, 3.63) is 12.2 Å². The summed E-state index contributed by atoms with van der Waals surface area (Å²) in [5, 5.41) is 0. The van der Waals surface area contributed by atoms with Gasteiger partial charge in [0.1, 0.15) is 12.1 Å². The Morgan fingerprint density at radius 3 is 2.50 bits per heavy atom. The van der Waals surface area contributed by atoms with Gasteiger partial charge in [0.05, 0.1) is 13.2 Å². The Kier molecular flexibility index (Phi) is 6.12. The van der Waals surface area contributed by atoms with Crippen molar-refractivity contribution < 1.29 is 28.6 Å². The first-order valence-electron chi connectivity index (χ1n) is 8.26. The van der Waals surface area contributed by atoms with E-state index in [4.69, 9.17) is 14.2 Å². The number of ketones is 1. The molecule has 3 saturated heterocycles. The molecule has 0 spiro atoms. The molecule has 134 valence electrons. The van der Waals surface area contributed by atoms with Gasteiger partial charge in [0.15, 0.2) is 5.78 Å². The van der Waals surface area contributed by atoms with Crippen LogP contribution in [0.3, 0.4) is 0 Å². The average molecular weight is 339 g/mol. The molecule has 4 atom stereocenters. The molecule has 3 fully saturated rings. The molecule has 3 aliphatic heterocycles. The molecule has 0 aromatic rings. The third-order valence-electron chi connectivity index (χ3n) is 4.73. The number of carbonyl (C=O) groups excluding carboxylic acids is 3. The highest BCUT2D eigenvalue weighted by Crippen LogP contribution is 2.40. The summed E-state index contributed by atoms with van der Waals surface area (Å²) in [6.45, 7) is 4.88. The lowest BCUT2D eigenvalue weighted by atomic mass is 9.71. The van der Waals surface area contributed by atoms with Gasteiger partial charge in [-0.2, -0.15) is 0 Å². The van der Waals surface area contributed by atoms with Gasteiger partial charge in [0, 0.05) is 37.8 Å². The van der Waals surface area contributed by atoms with Crippen LogP contribution in [0.2, 0.25) is 0 Å². The number of methoxy groups -OCH3 is 1. The zero-order valence-corrected chi connectivity index (χ0v) is 14.4. The summed E-state index contributed by atoms with van der Waals surface area (Å²) >= 11 is 0. The van der Waals surface area contributed by atoms with Gasteiger partial charge in [-0.25, -0.2) is 9.59 Å². The van der Waals surface area contributed by atoms with Crippen LogP contribution in [0, 0.1) is 5.92 Å². The summed E-state index contributed by atoms with van der Waals surface area (Å²) in [5.41, 5.74) is -0.928. The van der Waals surface area contributed by atoms with E-state index in [-0.39, 0.29) is 37.6 Å². The minimum absolute atomic E-state index is 0.00562. The number of ether oxygens (including phenoxy) is 3. The van der Waals surface area contributed by atoms with Crippen LogP contribution in [0.1, 0.15) is 26.7 Å². The minimum Gasteiger partial charge on any atom is -0.463 e. The fraction of sp³-hybridized carbons (Fsp3) is 0.706. The number of esters is 2. The monoisotopic (exact) mass is 339 g/mol. The van der Waals surface area contributed by atoms with Gasteiger partial charge in [-0.3, -0.25) is 9.69 Å². The van der Waals surface area contributed by atoms with Crippen molar-refractivity contribution in [2.45, 2.75) is 38.3 Å². The maximum atomic E-state index is 12.8. The molecule has 7 heteroatoms. The Morgan fingerprint density at radius 1 is 1.25 bits per heavy atom. The van der Waals surface area contributed by atoms with Crippen LogP contribution < -0.4 is 0 Å². The van der Waals surface area contributed by atoms with Gasteiger partial charge in [-0.15, -0.1) is 0 Å². The summed E-state index contributed by atoms with van der Waals surface area (Å²) in [7, 11) is 1.53. The number of hydrogen-bond donors (Lipinski definition) is 0. The number of fused-ring (bicyclic) bond motifs is 3. The predicted octanol–water partition coefficient (Wildman–Crippen LogP) is 0.717. The number of nitrogens with zero attached hydrogens (tertiary/aromatic N) is 1. The number of piperidine rings is 3. The highest BCUT2D eigenvalue weighted by Gasteiger charge is 2.56. The van der Waals surface area contributed by atoms with Crippen molar-refractivity contribution >= 4 is 17.7 Å². The van der Waals surface area contributed by atoms with Crippen molar-refractivity contribution in [2.24, 2.45) is 5.92 Å². The SMILES string of the molecule is CCOC(=O)/C=C/C(=O)OC[C@@]1(COC)C(=O)[C@H]2CCN1[C@H](C)C2. The van der Waals surface area contributed by atoms with Gasteiger partial charge >= 0.3 is 11.9 Å². The molecule has 0 N–H and O–H groups in total. The third-order valence-corrected chi connectivity index (χ3v) is 4.73. The van der Waals surface area contributed by atoms with E-state index in [1.165, 1.54) is 7.11 Å². The van der Waals surface area contributed by atoms with Gasteiger partial charge in [-0.1, -0.05) is 0 Å². The van der Waals surface area contributed by atoms with Gasteiger partial charge in [0.25, 0.3) is 0 Å². The molecule has 24 heavy (non-hydrogen) atoms. The zero-order chi connectivity index (χ0) is 17.7. The second kappa shape index (κ2) is 7.90. The van der Waals surface area contributed by atoms with Crippen LogP contribution in [-0.4, -0.2) is 67.7 Å². The molecule has 1 unspecified atom stereocenters. The van der Waals surface area contributed by atoms with Gasteiger partial charge < -0.3 is 14.2 Å². The van der Waals surface area contributed by atoms with E-state index in [1.807, 2.05) is 0 Å². The smallest absolute Gasteiger partial charge is 0.331 e. The lowest BCUT2D eigenvalue weighted by molar-refractivity contribution is -0.171. The maximum absolute atomic E-state index is 12.8. The summed E-state index contributed by atoms with van der Waals surface area (Å²) in [5.74, 6) is -1.21. The molecule has 0 radical (unpaired) electrons. The maximum Gasteiger partial charge on any atom is 0.331 e. The molecule has 0 aliphatic carbocycles. The Bertz CT molecular complexity index is 531. The van der Waals surface area contributed by atoms with Crippen molar-refractivity contribution in [1.29, 1.82) is 0 Å². The van der Waals surface area contributed by atoms with E-state index in [0.29, 0.717) is 0 Å². The third kappa shape index (κ3) is 3.67. The lowest BCUT2D eigenvalue weighted by Gasteiger charge is -2.55. The van der Waals surface area contributed by atoms with E-state index >= 15 is 0 Å². The number of Topliss-reactive ketones (excluding diaryl/α,β-unsaturated/α-hetero) is 1. The second-order valence-corrected chi connectivity index (χ2v) is 6.29. The number of hydrogen-bond acceptors (Lipinski definition) is 7. The van der Waals surface area contributed by atoms with Gasteiger partial charge in [0.2, 0.25) is 0 Å². The Morgan fingerprint density at radius 2 is 1.92 bits per heavy atom. The minimum atomic E-state index is -0.928. The first kappa shape index (κ1) is 18.6. The number of rotatable bonds is 7. The Hall–Kier alpha value is -1.73. The van der Waals surface area contributed by atoms with Crippen LogP contribution in [-0.2, 0) is 28.6 Å². The molecular weight excluding hydrogens is 314 g/mol. The largest absolute Gasteiger partial charge is 0.463 e. The molecule has 3 heterocycles. The van der Waals surface area contributed by atoms with E-state index in [0.717, 1.165) is 31.5 Å². The van der Waals surface area contributed by atoms with E-state index in [2.05, 4.69) is 11.8 Å². The Labute approximate surface area is 141 Å². The van der Waals surface area contributed by atoms with Crippen molar-refractivity contribution in [2.75, 3.05) is 33.5 Å². The molecule has 0 aromatic heterocycles.